The Kier molecular flexibility index (Phi) is 5.64. The third kappa shape index (κ3) is 3.78. The summed E-state index contributed by atoms with van der Waals surface area (Å²) in [5, 5.41) is 0.385. The molecule has 0 bridgehead atoms. The molecular formula is C19H18Cl2N2O3S2. The van der Waals surface area contributed by atoms with E-state index in [1.54, 1.807) is 16.7 Å². The number of carbonyl (C=O) groups is 1. The number of hydrogen-bond acceptors (Lipinski definition) is 4. The lowest BCUT2D eigenvalue weighted by Gasteiger charge is -2.35. The lowest BCUT2D eigenvalue weighted by atomic mass is 10.1. The Hall–Kier alpha value is -1.25. The fraction of sp³-hybridized carbons (Fsp3) is 0.316. The van der Waals surface area contributed by atoms with E-state index in [4.69, 9.17) is 23.2 Å². The van der Waals surface area contributed by atoms with Crippen LogP contribution in [0.1, 0.15) is 5.56 Å². The first-order valence-corrected chi connectivity index (χ1v) is 11.9. The van der Waals surface area contributed by atoms with Crippen LogP contribution in [0.5, 0.6) is 0 Å². The van der Waals surface area contributed by atoms with E-state index in [-0.39, 0.29) is 34.2 Å². The number of halogens is 2. The van der Waals surface area contributed by atoms with E-state index in [2.05, 4.69) is 6.07 Å². The number of hydrogen-bond donors (Lipinski definition) is 0. The first-order valence-electron chi connectivity index (χ1n) is 8.85. The number of carbonyl (C=O) groups excluding carboxylic acids is 1. The predicted molar refractivity (Wildman–Crippen MR) is 112 cm³/mol. The third-order valence-corrected chi connectivity index (χ3v) is 8.94. The molecule has 2 aromatic rings. The third-order valence-electron chi connectivity index (χ3n) is 5.00. The minimum absolute atomic E-state index is 0.0767. The Morgan fingerprint density at radius 3 is 2.39 bits per heavy atom. The van der Waals surface area contributed by atoms with E-state index in [9.17, 15) is 13.2 Å². The summed E-state index contributed by atoms with van der Waals surface area (Å²) in [5.74, 6) is 0.0767. The molecule has 28 heavy (non-hydrogen) atoms. The van der Waals surface area contributed by atoms with Crippen molar-refractivity contribution in [1.82, 2.24) is 9.21 Å². The molecule has 1 atom stereocenters. The van der Waals surface area contributed by atoms with E-state index < -0.39 is 10.0 Å². The van der Waals surface area contributed by atoms with E-state index in [0.29, 0.717) is 18.1 Å². The monoisotopic (exact) mass is 456 g/mol. The molecule has 2 aliphatic heterocycles. The molecule has 148 valence electrons. The van der Waals surface area contributed by atoms with Crippen molar-refractivity contribution in [2.75, 3.05) is 26.2 Å². The summed E-state index contributed by atoms with van der Waals surface area (Å²) in [5.41, 5.74) is 1.20. The smallest absolute Gasteiger partial charge is 0.243 e. The molecule has 9 heteroatoms. The zero-order valence-corrected chi connectivity index (χ0v) is 18.0. The van der Waals surface area contributed by atoms with Crippen LogP contribution >= 0.6 is 35.0 Å². The summed E-state index contributed by atoms with van der Waals surface area (Å²) in [7, 11) is -3.67. The number of benzene rings is 2. The van der Waals surface area contributed by atoms with Gasteiger partial charge in [0.25, 0.3) is 0 Å². The zero-order chi connectivity index (χ0) is 19.9. The van der Waals surface area contributed by atoms with E-state index in [0.717, 1.165) is 11.3 Å². The van der Waals surface area contributed by atoms with Crippen molar-refractivity contribution < 1.29 is 13.2 Å². The lowest BCUT2D eigenvalue weighted by Crippen LogP contribution is -2.52. The van der Waals surface area contributed by atoms with Crippen molar-refractivity contribution >= 4 is 50.9 Å². The van der Waals surface area contributed by atoms with Crippen LogP contribution in [0.2, 0.25) is 10.0 Å². The van der Waals surface area contributed by atoms with E-state index in [1.165, 1.54) is 28.1 Å². The highest BCUT2D eigenvalue weighted by molar-refractivity contribution is 8.01. The number of rotatable bonds is 3. The summed E-state index contributed by atoms with van der Waals surface area (Å²) in [4.78, 5) is 15.9. The van der Waals surface area contributed by atoms with Crippen LogP contribution in [-0.2, 0) is 21.2 Å². The maximum atomic E-state index is 12.9. The molecule has 2 aliphatic rings. The number of nitrogens with zero attached hydrogens (tertiary/aromatic N) is 2. The number of piperazine rings is 1. The molecule has 2 heterocycles. The second kappa shape index (κ2) is 7.88. The van der Waals surface area contributed by atoms with E-state index in [1.807, 2.05) is 18.2 Å². The quantitative estimate of drug-likeness (QED) is 0.708. The topological polar surface area (TPSA) is 57.7 Å². The van der Waals surface area contributed by atoms with Crippen molar-refractivity contribution in [3.63, 3.8) is 0 Å². The summed E-state index contributed by atoms with van der Waals surface area (Å²) >= 11 is 13.4. The molecule has 1 saturated heterocycles. The molecule has 5 nitrogen and oxygen atoms in total. The molecule has 0 radical (unpaired) electrons. The lowest BCUT2D eigenvalue weighted by molar-refractivity contribution is -0.131. The van der Waals surface area contributed by atoms with Crippen molar-refractivity contribution in [3.8, 4) is 0 Å². The van der Waals surface area contributed by atoms with Crippen molar-refractivity contribution in [1.29, 1.82) is 0 Å². The van der Waals surface area contributed by atoms with Crippen LogP contribution in [0, 0.1) is 0 Å². The number of thioether (sulfide) groups is 1. The Morgan fingerprint density at radius 1 is 1.00 bits per heavy atom. The van der Waals surface area contributed by atoms with Gasteiger partial charge in [0.05, 0.1) is 20.2 Å². The van der Waals surface area contributed by atoms with Gasteiger partial charge in [-0.05, 0) is 36.2 Å². The van der Waals surface area contributed by atoms with Crippen LogP contribution in [-0.4, -0.2) is 55.0 Å². The molecule has 4 rings (SSSR count). The summed E-state index contributed by atoms with van der Waals surface area (Å²) < 4.78 is 27.1. The molecule has 0 saturated carbocycles. The summed E-state index contributed by atoms with van der Waals surface area (Å²) in [6, 6.07) is 12.3. The average molecular weight is 457 g/mol. The molecule has 1 amide bonds. The van der Waals surface area contributed by atoms with Gasteiger partial charge in [-0.1, -0.05) is 41.4 Å². The Labute approximate surface area is 178 Å². The fourth-order valence-corrected chi connectivity index (χ4v) is 6.55. The van der Waals surface area contributed by atoms with Crippen molar-refractivity contribution in [3.05, 3.63) is 58.1 Å². The van der Waals surface area contributed by atoms with Gasteiger partial charge in [0, 0.05) is 31.1 Å². The molecule has 0 aliphatic carbocycles. The Morgan fingerprint density at radius 2 is 1.71 bits per heavy atom. The SMILES string of the molecule is O=C(C1Cc2ccccc2S1)N1CCN(S(=O)(=O)c2ccc(Cl)c(Cl)c2)CC1. The second-order valence-corrected chi connectivity index (χ2v) is 10.7. The van der Waals surface area contributed by atoms with Crippen molar-refractivity contribution in [2.24, 2.45) is 0 Å². The minimum atomic E-state index is -3.67. The van der Waals surface area contributed by atoms with Gasteiger partial charge in [-0.2, -0.15) is 4.31 Å². The van der Waals surface area contributed by atoms with Crippen LogP contribution in [0.3, 0.4) is 0 Å². The average Bonchev–Trinajstić information content (AvgIpc) is 3.13. The normalized spacial score (nSPS) is 20.2. The van der Waals surface area contributed by atoms with Crippen molar-refractivity contribution in [2.45, 2.75) is 21.5 Å². The molecule has 2 aromatic carbocycles. The van der Waals surface area contributed by atoms with Gasteiger partial charge >= 0.3 is 0 Å². The van der Waals surface area contributed by atoms with Gasteiger partial charge in [0.1, 0.15) is 0 Å². The van der Waals surface area contributed by atoms with Gasteiger partial charge in [0.15, 0.2) is 0 Å². The van der Waals surface area contributed by atoms with Crippen LogP contribution < -0.4 is 0 Å². The first kappa shape index (κ1) is 20.0. The highest BCUT2D eigenvalue weighted by atomic mass is 35.5. The second-order valence-electron chi connectivity index (χ2n) is 6.72. The number of sulfonamides is 1. The largest absolute Gasteiger partial charge is 0.339 e. The van der Waals surface area contributed by atoms with Gasteiger partial charge in [-0.3, -0.25) is 4.79 Å². The molecule has 0 aromatic heterocycles. The highest BCUT2D eigenvalue weighted by Crippen LogP contribution is 2.37. The minimum Gasteiger partial charge on any atom is -0.339 e. The standard InChI is InChI=1S/C19H18Cl2N2O3S2/c20-15-6-5-14(12-16(15)21)28(25,26)23-9-7-22(8-10-23)19(24)18-11-13-3-1-2-4-17(13)27-18/h1-6,12,18H,7-11H2. The van der Waals surface area contributed by atoms with Gasteiger partial charge in [0.2, 0.25) is 15.9 Å². The van der Waals surface area contributed by atoms with Gasteiger partial charge < -0.3 is 4.90 Å². The van der Waals surface area contributed by atoms with E-state index >= 15 is 0 Å². The molecular weight excluding hydrogens is 439 g/mol. The van der Waals surface area contributed by atoms with Crippen LogP contribution in [0.25, 0.3) is 0 Å². The Bertz CT molecular complexity index is 997. The molecule has 1 fully saturated rings. The molecule has 0 spiro atoms. The summed E-state index contributed by atoms with van der Waals surface area (Å²) in [6.45, 7) is 1.29. The number of fused-ring (bicyclic) bond motifs is 1. The summed E-state index contributed by atoms with van der Waals surface area (Å²) in [6.07, 6.45) is 0.724. The van der Waals surface area contributed by atoms with Crippen LogP contribution in [0.15, 0.2) is 52.3 Å². The first-order chi connectivity index (χ1) is 13.4. The molecule has 1 unspecified atom stereocenters. The van der Waals surface area contributed by atoms with Crippen LogP contribution in [0.4, 0.5) is 0 Å². The maximum Gasteiger partial charge on any atom is 0.243 e. The maximum absolute atomic E-state index is 12.9. The zero-order valence-electron chi connectivity index (χ0n) is 14.8. The fourth-order valence-electron chi connectivity index (χ4n) is 3.46. The Balaban J connectivity index is 1.40. The van der Waals surface area contributed by atoms with Gasteiger partial charge in [-0.25, -0.2) is 8.42 Å². The molecule has 0 N–H and O–H groups in total. The van der Waals surface area contributed by atoms with Gasteiger partial charge in [-0.15, -0.1) is 11.8 Å². The number of amides is 1. The predicted octanol–water partition coefficient (Wildman–Crippen LogP) is 3.54. The highest BCUT2D eigenvalue weighted by Gasteiger charge is 2.35.